The zero-order valence-electron chi connectivity index (χ0n) is 19.9. The molecule has 2 aromatic carbocycles. The average Bonchev–Trinajstić information content (AvgIpc) is 2.84. The van der Waals surface area contributed by atoms with Crippen LogP contribution in [0.4, 0.5) is 0 Å². The van der Waals surface area contributed by atoms with E-state index in [9.17, 15) is 0 Å². The Balaban J connectivity index is 1.61. The molecule has 0 heterocycles. The molecule has 0 atom stereocenters. The molecule has 0 aliphatic heterocycles. The smallest absolute Gasteiger partial charge is 0.0733 e. The molecule has 0 bridgehead atoms. The topological polar surface area (TPSA) is 24.7 Å². The van der Waals surface area contributed by atoms with Crippen LogP contribution in [0.5, 0.6) is 0 Å². The predicted molar refractivity (Wildman–Crippen MR) is 140 cm³/mol. The van der Waals surface area contributed by atoms with Gasteiger partial charge in [-0.3, -0.25) is 0 Å². The number of benzene rings is 2. The summed E-state index contributed by atoms with van der Waals surface area (Å²) in [5.74, 6) is 1.42. The summed E-state index contributed by atoms with van der Waals surface area (Å²) < 4.78 is 0. The van der Waals surface area contributed by atoms with Crippen LogP contribution in [0.3, 0.4) is 0 Å². The molecule has 0 unspecified atom stereocenters. The van der Waals surface area contributed by atoms with Gasteiger partial charge in [0.2, 0.25) is 0 Å². The first-order chi connectivity index (χ1) is 15.8. The molecule has 0 spiro atoms. The fourth-order valence-corrected chi connectivity index (χ4v) is 4.84. The molecule has 0 radical (unpaired) electrons. The molecule has 1 aliphatic rings. The molecule has 2 heteroatoms. The van der Waals surface area contributed by atoms with Gasteiger partial charge in [-0.25, -0.2) is 0 Å². The maximum absolute atomic E-state index is 4.76. The van der Waals surface area contributed by atoms with Crippen LogP contribution in [0, 0.1) is 11.8 Å². The maximum atomic E-state index is 4.76. The fourth-order valence-electron chi connectivity index (χ4n) is 4.84. The Hall–Kier alpha value is -2.48. The van der Waals surface area contributed by atoms with E-state index >= 15 is 0 Å². The second-order valence-electron chi connectivity index (χ2n) is 9.23. The summed E-state index contributed by atoms with van der Waals surface area (Å²) in [6.07, 6.45) is 17.7. The highest BCUT2D eigenvalue weighted by Gasteiger charge is 2.25. The molecule has 0 amide bonds. The van der Waals surface area contributed by atoms with E-state index in [1.807, 2.05) is 12.3 Å². The van der Waals surface area contributed by atoms with E-state index in [4.69, 9.17) is 5.10 Å². The second kappa shape index (κ2) is 13.8. The van der Waals surface area contributed by atoms with Crippen molar-refractivity contribution in [2.75, 3.05) is 0 Å². The van der Waals surface area contributed by atoms with E-state index in [1.54, 1.807) is 0 Å². The van der Waals surface area contributed by atoms with Gasteiger partial charge >= 0.3 is 0 Å². The standard InChI is InChI=1S/C30H40N2/c1-3-5-6-7-9-13-26-16-18-27(19-17-26)24-31-32-30(28-14-10-8-11-15-28)29-22-20-25(12-4-2)21-23-29/h3,8,10-11,14-19,24-25,29H,1,4-7,9,12-13,20-23H2,2H3. The third-order valence-electron chi connectivity index (χ3n) is 6.73. The van der Waals surface area contributed by atoms with Crippen LogP contribution in [0.15, 0.2) is 77.5 Å². The molecule has 1 fully saturated rings. The zero-order chi connectivity index (χ0) is 22.4. The molecular formula is C30H40N2. The number of nitrogens with zero attached hydrogens (tertiary/aromatic N) is 2. The van der Waals surface area contributed by atoms with Crippen molar-refractivity contribution in [1.82, 2.24) is 0 Å². The van der Waals surface area contributed by atoms with Crippen molar-refractivity contribution in [3.05, 3.63) is 83.9 Å². The lowest BCUT2D eigenvalue weighted by Gasteiger charge is -2.29. The predicted octanol–water partition coefficient (Wildman–Crippen LogP) is 8.41. The second-order valence-corrected chi connectivity index (χ2v) is 9.23. The van der Waals surface area contributed by atoms with Crippen LogP contribution in [0.1, 0.15) is 87.8 Å². The molecule has 2 aromatic rings. The Labute approximate surface area is 195 Å². The number of hydrogen-bond acceptors (Lipinski definition) is 2. The van der Waals surface area contributed by atoms with Gasteiger partial charge in [-0.05, 0) is 74.0 Å². The first-order valence-corrected chi connectivity index (χ1v) is 12.7. The molecule has 170 valence electrons. The highest BCUT2D eigenvalue weighted by atomic mass is 15.2. The Kier molecular flexibility index (Phi) is 10.4. The summed E-state index contributed by atoms with van der Waals surface area (Å²) >= 11 is 0. The van der Waals surface area contributed by atoms with Crippen LogP contribution in [0.2, 0.25) is 0 Å². The quantitative estimate of drug-likeness (QED) is 0.140. The van der Waals surface area contributed by atoms with Gasteiger partial charge in [-0.15, -0.1) is 6.58 Å². The van der Waals surface area contributed by atoms with Crippen molar-refractivity contribution in [1.29, 1.82) is 0 Å². The Morgan fingerprint density at radius 3 is 2.38 bits per heavy atom. The number of aryl methyl sites for hydroxylation is 1. The highest BCUT2D eigenvalue weighted by molar-refractivity contribution is 6.02. The van der Waals surface area contributed by atoms with E-state index in [1.165, 1.54) is 68.9 Å². The van der Waals surface area contributed by atoms with E-state index in [0.717, 1.165) is 30.0 Å². The number of allylic oxidation sites excluding steroid dienone is 1. The third kappa shape index (κ3) is 7.89. The molecule has 2 nitrogen and oxygen atoms in total. The highest BCUT2D eigenvalue weighted by Crippen LogP contribution is 2.33. The number of hydrogen-bond donors (Lipinski definition) is 0. The van der Waals surface area contributed by atoms with Gasteiger partial charge in [0.25, 0.3) is 0 Å². The summed E-state index contributed by atoms with van der Waals surface area (Å²) in [4.78, 5) is 0. The monoisotopic (exact) mass is 428 g/mol. The Bertz CT molecular complexity index is 840. The molecule has 1 aliphatic carbocycles. The van der Waals surface area contributed by atoms with E-state index in [0.29, 0.717) is 5.92 Å². The van der Waals surface area contributed by atoms with Gasteiger partial charge in [0.1, 0.15) is 0 Å². The lowest BCUT2D eigenvalue weighted by atomic mass is 9.77. The molecular weight excluding hydrogens is 388 g/mol. The van der Waals surface area contributed by atoms with E-state index in [-0.39, 0.29) is 0 Å². The Morgan fingerprint density at radius 1 is 0.938 bits per heavy atom. The van der Waals surface area contributed by atoms with Crippen molar-refractivity contribution >= 4 is 11.9 Å². The van der Waals surface area contributed by atoms with Gasteiger partial charge in [0, 0.05) is 5.92 Å². The number of unbranched alkanes of at least 4 members (excludes halogenated alkanes) is 3. The average molecular weight is 429 g/mol. The first kappa shape index (κ1) is 24.2. The SMILES string of the molecule is C=CCCCCCc1ccc(C=NN=C(c2ccccc2)C2CCC(CCC)CC2)cc1. The van der Waals surface area contributed by atoms with Crippen molar-refractivity contribution in [3.63, 3.8) is 0 Å². The normalized spacial score (nSPS) is 19.3. The van der Waals surface area contributed by atoms with Gasteiger partial charge < -0.3 is 0 Å². The Morgan fingerprint density at radius 2 is 1.69 bits per heavy atom. The molecule has 0 N–H and O–H groups in total. The molecule has 0 aromatic heterocycles. The lowest BCUT2D eigenvalue weighted by Crippen LogP contribution is -2.22. The van der Waals surface area contributed by atoms with Crippen molar-refractivity contribution in [2.45, 2.75) is 77.6 Å². The summed E-state index contributed by atoms with van der Waals surface area (Å²) in [5, 5.41) is 9.29. The van der Waals surface area contributed by atoms with Gasteiger partial charge in [0.05, 0.1) is 11.9 Å². The minimum Gasteiger partial charge on any atom is -0.158 e. The number of rotatable bonds is 12. The molecule has 0 saturated heterocycles. The molecule has 1 saturated carbocycles. The van der Waals surface area contributed by atoms with Crippen LogP contribution in [0.25, 0.3) is 0 Å². The largest absolute Gasteiger partial charge is 0.158 e. The lowest BCUT2D eigenvalue weighted by molar-refractivity contribution is 0.304. The molecule has 32 heavy (non-hydrogen) atoms. The van der Waals surface area contributed by atoms with E-state index < -0.39 is 0 Å². The van der Waals surface area contributed by atoms with Crippen LogP contribution >= 0.6 is 0 Å². The van der Waals surface area contributed by atoms with E-state index in [2.05, 4.69) is 73.2 Å². The first-order valence-electron chi connectivity index (χ1n) is 12.7. The van der Waals surface area contributed by atoms with Gasteiger partial charge in [-0.2, -0.15) is 10.2 Å². The fraction of sp³-hybridized carbons (Fsp3) is 0.467. The van der Waals surface area contributed by atoms with Gasteiger partial charge in [-0.1, -0.05) is 86.9 Å². The third-order valence-corrected chi connectivity index (χ3v) is 6.73. The summed E-state index contributed by atoms with van der Waals surface area (Å²) in [7, 11) is 0. The minimum atomic E-state index is 0.520. The minimum absolute atomic E-state index is 0.520. The molecule has 3 rings (SSSR count). The summed E-state index contributed by atoms with van der Waals surface area (Å²) in [6.45, 7) is 6.09. The van der Waals surface area contributed by atoms with Crippen LogP contribution in [-0.2, 0) is 6.42 Å². The van der Waals surface area contributed by atoms with Crippen molar-refractivity contribution in [2.24, 2.45) is 22.0 Å². The van der Waals surface area contributed by atoms with Crippen molar-refractivity contribution in [3.8, 4) is 0 Å². The van der Waals surface area contributed by atoms with Crippen molar-refractivity contribution < 1.29 is 0 Å². The van der Waals surface area contributed by atoms with Crippen LogP contribution in [-0.4, -0.2) is 11.9 Å². The zero-order valence-corrected chi connectivity index (χ0v) is 19.9. The van der Waals surface area contributed by atoms with Crippen LogP contribution < -0.4 is 0 Å². The summed E-state index contributed by atoms with van der Waals surface area (Å²) in [5.41, 5.74) is 4.89. The van der Waals surface area contributed by atoms with Gasteiger partial charge in [0.15, 0.2) is 0 Å². The summed E-state index contributed by atoms with van der Waals surface area (Å²) in [6, 6.07) is 19.4. The maximum Gasteiger partial charge on any atom is 0.0733 e.